The quantitative estimate of drug-likeness (QED) is 0.512. The standard InChI is InChI=1S/C7H6F8N2.CF4/c1-3-17-6(12,13)4(8,9)16(2)5(10,11)7(17,14)15;2-1(3,4)5/h3H,1H2,2H3;. The van der Waals surface area contributed by atoms with Gasteiger partial charge in [0.15, 0.2) is 0 Å². The molecule has 1 fully saturated rings. The molecule has 22 heavy (non-hydrogen) atoms. The Morgan fingerprint density at radius 2 is 0.955 bits per heavy atom. The number of nitrogens with zero attached hydrogens (tertiary/aromatic N) is 2. The largest absolute Gasteiger partial charge is 0.559 e. The lowest BCUT2D eigenvalue weighted by molar-refractivity contribution is -0.492. The summed E-state index contributed by atoms with van der Waals surface area (Å²) in [6, 6.07) is -22.0. The SMILES string of the molecule is C=CN1C(F)(F)C(F)(F)N(C)C(F)(F)C1(F)F.FC(F)(F)F. The monoisotopic (exact) mass is 358 g/mol. The highest BCUT2D eigenvalue weighted by Gasteiger charge is 2.83. The Balaban J connectivity index is 0.000000763. The summed E-state index contributed by atoms with van der Waals surface area (Å²) in [4.78, 5) is -3.39. The average molecular weight is 358 g/mol. The first-order valence-corrected chi connectivity index (χ1v) is 4.78. The highest BCUT2D eigenvalue weighted by Crippen LogP contribution is 2.56. The minimum Gasteiger partial charge on any atom is -0.248 e. The van der Waals surface area contributed by atoms with E-state index in [0.717, 1.165) is 0 Å². The first kappa shape index (κ1) is 20.7. The van der Waals surface area contributed by atoms with Gasteiger partial charge in [-0.15, -0.1) is 17.6 Å². The summed E-state index contributed by atoms with van der Waals surface area (Å²) in [7, 11) is -0.220. The minimum atomic E-state index is -5.52. The lowest BCUT2D eigenvalue weighted by atomic mass is 10.2. The zero-order valence-electron chi connectivity index (χ0n) is 10.2. The molecule has 0 spiro atoms. The molecule has 0 bridgehead atoms. The van der Waals surface area contributed by atoms with Gasteiger partial charge < -0.3 is 0 Å². The maximum Gasteiger partial charge on any atom is 0.559 e. The van der Waals surface area contributed by atoms with Gasteiger partial charge >= 0.3 is 30.6 Å². The molecule has 1 rings (SSSR count). The van der Waals surface area contributed by atoms with Gasteiger partial charge in [-0.3, -0.25) is 0 Å². The van der Waals surface area contributed by atoms with Crippen molar-refractivity contribution in [1.82, 2.24) is 9.80 Å². The molecule has 2 nitrogen and oxygen atoms in total. The van der Waals surface area contributed by atoms with Crippen LogP contribution in [0.4, 0.5) is 52.7 Å². The van der Waals surface area contributed by atoms with Crippen LogP contribution < -0.4 is 0 Å². The Labute approximate surface area is 114 Å². The van der Waals surface area contributed by atoms with Gasteiger partial charge in [0.1, 0.15) is 0 Å². The fraction of sp³-hybridized carbons (Fsp3) is 0.750. The van der Waals surface area contributed by atoms with Crippen molar-refractivity contribution in [3.05, 3.63) is 12.8 Å². The highest BCUT2D eigenvalue weighted by atomic mass is 19.5. The predicted molar refractivity (Wildman–Crippen MR) is 46.8 cm³/mol. The summed E-state index contributed by atoms with van der Waals surface area (Å²) in [5.74, 6) is 0. The molecule has 14 heteroatoms. The van der Waals surface area contributed by atoms with Crippen LogP contribution in [0.1, 0.15) is 0 Å². The molecule has 1 aliphatic heterocycles. The highest BCUT2D eigenvalue weighted by molar-refractivity contribution is 5.04. The fourth-order valence-electron chi connectivity index (χ4n) is 1.28. The van der Waals surface area contributed by atoms with E-state index in [1.165, 1.54) is 0 Å². The predicted octanol–water partition coefficient (Wildman–Crippen LogP) is 4.22. The lowest BCUT2D eigenvalue weighted by Crippen LogP contribution is -2.78. The minimum absolute atomic E-state index is 0.220. The summed E-state index contributed by atoms with van der Waals surface area (Å²) < 4.78 is 142. The van der Waals surface area contributed by atoms with Gasteiger partial charge in [-0.05, 0) is 7.05 Å². The molecule has 1 aliphatic rings. The molecule has 0 aromatic rings. The molecule has 1 heterocycles. The van der Waals surface area contributed by atoms with E-state index in [0.29, 0.717) is 0 Å². The van der Waals surface area contributed by atoms with Crippen LogP contribution in [0.2, 0.25) is 0 Å². The molecule has 0 aliphatic carbocycles. The smallest absolute Gasteiger partial charge is 0.248 e. The molecule has 0 aromatic carbocycles. The Morgan fingerprint density at radius 1 is 0.727 bits per heavy atom. The van der Waals surface area contributed by atoms with E-state index < -0.39 is 46.6 Å². The average Bonchev–Trinajstić information content (AvgIpc) is 2.23. The van der Waals surface area contributed by atoms with Crippen LogP contribution in [0.15, 0.2) is 12.8 Å². The van der Waals surface area contributed by atoms with Gasteiger partial charge in [-0.25, -0.2) is 4.90 Å². The Morgan fingerprint density at radius 3 is 1.14 bits per heavy atom. The molecular weight excluding hydrogens is 352 g/mol. The molecule has 0 N–H and O–H groups in total. The van der Waals surface area contributed by atoms with E-state index in [2.05, 4.69) is 6.58 Å². The number of halogens is 12. The molecule has 132 valence electrons. The third-order valence-electron chi connectivity index (χ3n) is 2.35. The summed E-state index contributed by atoms with van der Waals surface area (Å²) in [5, 5.41) is 0. The first-order valence-electron chi connectivity index (χ1n) is 4.78. The maximum atomic E-state index is 13.0. The summed E-state index contributed by atoms with van der Waals surface area (Å²) >= 11 is 0. The summed E-state index contributed by atoms with van der Waals surface area (Å²) in [5.41, 5.74) is 0. The number of piperazine rings is 1. The van der Waals surface area contributed by atoms with E-state index >= 15 is 0 Å². The zero-order valence-corrected chi connectivity index (χ0v) is 10.2. The zero-order chi connectivity index (χ0) is 18.4. The van der Waals surface area contributed by atoms with Crippen molar-refractivity contribution in [2.45, 2.75) is 30.6 Å². The van der Waals surface area contributed by atoms with Crippen molar-refractivity contribution < 1.29 is 52.7 Å². The van der Waals surface area contributed by atoms with Crippen LogP contribution in [0, 0.1) is 0 Å². The number of likely N-dealkylation sites (N-methyl/N-ethyl adjacent to an activating group) is 1. The van der Waals surface area contributed by atoms with Crippen LogP contribution in [0.5, 0.6) is 0 Å². The van der Waals surface area contributed by atoms with E-state index in [-0.39, 0.29) is 7.05 Å². The van der Waals surface area contributed by atoms with Gasteiger partial charge in [-0.1, -0.05) is 6.58 Å². The van der Waals surface area contributed by atoms with Crippen molar-refractivity contribution in [3.8, 4) is 0 Å². The molecular formula is C8H6F12N2. The van der Waals surface area contributed by atoms with Crippen LogP contribution in [-0.4, -0.2) is 47.5 Å². The number of hydrogen-bond acceptors (Lipinski definition) is 2. The van der Waals surface area contributed by atoms with Gasteiger partial charge in [0, 0.05) is 6.20 Å². The van der Waals surface area contributed by atoms with Crippen LogP contribution in [0.25, 0.3) is 0 Å². The Bertz CT molecular complexity index is 380. The normalized spacial score (nSPS) is 26.0. The van der Waals surface area contributed by atoms with Gasteiger partial charge in [0.25, 0.3) is 0 Å². The van der Waals surface area contributed by atoms with Crippen molar-refractivity contribution in [2.24, 2.45) is 0 Å². The van der Waals surface area contributed by atoms with Crippen molar-refractivity contribution >= 4 is 0 Å². The Hall–Kier alpha value is -1.34. The van der Waals surface area contributed by atoms with E-state index in [1.54, 1.807) is 0 Å². The molecule has 1 saturated heterocycles. The summed E-state index contributed by atoms with van der Waals surface area (Å²) in [6.07, 6.45) is -5.95. The van der Waals surface area contributed by atoms with Crippen LogP contribution >= 0.6 is 0 Å². The number of hydrogen-bond donors (Lipinski definition) is 0. The second kappa shape index (κ2) is 5.38. The second-order valence-corrected chi connectivity index (χ2v) is 3.71. The molecule has 0 radical (unpaired) electrons. The molecule has 0 aromatic heterocycles. The third-order valence-corrected chi connectivity index (χ3v) is 2.35. The van der Waals surface area contributed by atoms with Gasteiger partial charge in [-0.2, -0.15) is 40.0 Å². The Kier molecular flexibility index (Phi) is 5.06. The van der Waals surface area contributed by atoms with Crippen molar-refractivity contribution in [2.75, 3.05) is 7.05 Å². The molecule has 0 amide bonds. The third kappa shape index (κ3) is 3.20. The number of alkyl halides is 12. The number of rotatable bonds is 1. The van der Waals surface area contributed by atoms with E-state index in [1.807, 2.05) is 0 Å². The van der Waals surface area contributed by atoms with Gasteiger partial charge in [0.2, 0.25) is 0 Å². The van der Waals surface area contributed by atoms with Crippen molar-refractivity contribution in [3.63, 3.8) is 0 Å². The molecule has 0 saturated carbocycles. The van der Waals surface area contributed by atoms with E-state index in [9.17, 15) is 52.7 Å². The van der Waals surface area contributed by atoms with Gasteiger partial charge in [0.05, 0.1) is 0 Å². The van der Waals surface area contributed by atoms with Crippen LogP contribution in [0.3, 0.4) is 0 Å². The first-order chi connectivity index (χ1) is 9.35. The summed E-state index contributed by atoms with van der Waals surface area (Å²) in [6.45, 7) is 2.41. The topological polar surface area (TPSA) is 6.48 Å². The fourth-order valence-corrected chi connectivity index (χ4v) is 1.28. The maximum absolute atomic E-state index is 13.0. The lowest BCUT2D eigenvalue weighted by Gasteiger charge is -2.51. The second-order valence-electron chi connectivity index (χ2n) is 3.71. The molecule has 0 unspecified atom stereocenters. The molecule has 0 atom stereocenters. The van der Waals surface area contributed by atoms with Crippen molar-refractivity contribution in [1.29, 1.82) is 0 Å². The van der Waals surface area contributed by atoms with E-state index in [4.69, 9.17) is 0 Å². The van der Waals surface area contributed by atoms with Crippen LogP contribution in [-0.2, 0) is 0 Å².